The average Bonchev–Trinajstić information content (AvgIpc) is 2.77. The van der Waals surface area contributed by atoms with Gasteiger partial charge < -0.3 is 14.8 Å². The highest BCUT2D eigenvalue weighted by Gasteiger charge is 2.25. The minimum Gasteiger partial charge on any atom is -0.467 e. The highest BCUT2D eigenvalue weighted by atomic mass is 79.9. The maximum absolute atomic E-state index is 11.7. The van der Waals surface area contributed by atoms with Gasteiger partial charge in [0.15, 0.2) is 3.92 Å². The number of hydrogen-bond donors (Lipinski definition) is 1. The van der Waals surface area contributed by atoms with Crippen molar-refractivity contribution in [3.8, 4) is 0 Å². The third-order valence-corrected chi connectivity index (χ3v) is 3.80. The number of carbonyl (C=O) groups is 2. The van der Waals surface area contributed by atoms with Crippen LogP contribution in [0.1, 0.15) is 32.9 Å². The van der Waals surface area contributed by atoms with Crippen LogP contribution < -0.4 is 5.32 Å². The van der Waals surface area contributed by atoms with E-state index < -0.39 is 23.7 Å². The number of alkyl carbamates (subject to hydrolysis) is 1. The number of hydrogen-bond acceptors (Lipinski definition) is 6. The Morgan fingerprint density at radius 1 is 1.48 bits per heavy atom. The van der Waals surface area contributed by atoms with Gasteiger partial charge in [0.05, 0.1) is 12.8 Å². The van der Waals surface area contributed by atoms with Gasteiger partial charge in [0, 0.05) is 5.38 Å². The molecule has 1 atom stereocenters. The zero-order valence-electron chi connectivity index (χ0n) is 12.4. The van der Waals surface area contributed by atoms with Crippen LogP contribution in [0.25, 0.3) is 0 Å². The molecule has 1 heterocycles. The lowest BCUT2D eigenvalue weighted by atomic mass is 10.1. The number of methoxy groups -OCH3 is 1. The normalized spacial score (nSPS) is 12.6. The molecule has 1 N–H and O–H groups in total. The predicted octanol–water partition coefficient (Wildman–Crippen LogP) is 2.90. The molecular weight excluding hydrogens is 360 g/mol. The summed E-state index contributed by atoms with van der Waals surface area (Å²) in [5, 5.41) is 4.42. The van der Waals surface area contributed by atoms with E-state index in [-0.39, 0.29) is 0 Å². The van der Waals surface area contributed by atoms with Crippen molar-refractivity contribution in [2.45, 2.75) is 45.3 Å². The number of thiazole rings is 1. The quantitative estimate of drug-likeness (QED) is 0.796. The number of halogens is 1. The number of esters is 1. The van der Waals surface area contributed by atoms with Crippen LogP contribution >= 0.6 is 27.3 Å². The molecule has 0 aromatic carbocycles. The second-order valence-electron chi connectivity index (χ2n) is 5.35. The Morgan fingerprint density at radius 2 is 2.14 bits per heavy atom. The smallest absolute Gasteiger partial charge is 0.408 e. The summed E-state index contributed by atoms with van der Waals surface area (Å²) < 4.78 is 10.6. The Bertz CT molecular complexity index is 499. The number of nitrogens with zero attached hydrogens (tertiary/aromatic N) is 1. The molecular formula is C13H19BrN2O4S. The van der Waals surface area contributed by atoms with Crippen LogP contribution in [-0.2, 0) is 20.7 Å². The van der Waals surface area contributed by atoms with Crippen LogP contribution in [0.5, 0.6) is 0 Å². The van der Waals surface area contributed by atoms with Gasteiger partial charge in [0.2, 0.25) is 0 Å². The van der Waals surface area contributed by atoms with Gasteiger partial charge in [-0.3, -0.25) is 0 Å². The summed E-state index contributed by atoms with van der Waals surface area (Å²) >= 11 is 4.75. The molecule has 6 nitrogen and oxygen atoms in total. The molecule has 118 valence electrons. The molecule has 1 amide bonds. The summed E-state index contributed by atoms with van der Waals surface area (Å²) in [4.78, 5) is 27.7. The van der Waals surface area contributed by atoms with E-state index in [1.807, 2.05) is 5.38 Å². The first-order chi connectivity index (χ1) is 9.71. The van der Waals surface area contributed by atoms with Crippen molar-refractivity contribution in [2.24, 2.45) is 0 Å². The summed E-state index contributed by atoms with van der Waals surface area (Å²) in [5.41, 5.74) is 0.233. The Balaban J connectivity index is 2.59. The van der Waals surface area contributed by atoms with Crippen LogP contribution in [0, 0.1) is 0 Å². The fourth-order valence-electron chi connectivity index (χ4n) is 1.53. The molecule has 0 unspecified atom stereocenters. The predicted molar refractivity (Wildman–Crippen MR) is 83.3 cm³/mol. The molecule has 1 rings (SSSR count). The Morgan fingerprint density at radius 3 is 2.62 bits per heavy atom. The Hall–Kier alpha value is -1.15. The first-order valence-corrected chi connectivity index (χ1v) is 8.06. The van der Waals surface area contributed by atoms with Gasteiger partial charge in [-0.05, 0) is 49.5 Å². The zero-order chi connectivity index (χ0) is 16.0. The SMILES string of the molecule is COC(=O)[C@H](CCc1csc(Br)n1)NC(=O)OC(C)(C)C. The van der Waals surface area contributed by atoms with Crippen molar-refractivity contribution in [1.29, 1.82) is 0 Å². The number of amides is 1. The van der Waals surface area contributed by atoms with Crippen LogP contribution in [0.4, 0.5) is 4.79 Å². The molecule has 0 saturated heterocycles. The van der Waals surface area contributed by atoms with Gasteiger partial charge in [-0.15, -0.1) is 11.3 Å². The second kappa shape index (κ2) is 7.74. The Labute approximate surface area is 136 Å². The van der Waals surface area contributed by atoms with Crippen molar-refractivity contribution in [2.75, 3.05) is 7.11 Å². The van der Waals surface area contributed by atoms with Crippen molar-refractivity contribution in [3.63, 3.8) is 0 Å². The molecule has 0 aliphatic heterocycles. The van der Waals surface area contributed by atoms with Gasteiger partial charge in [-0.2, -0.15) is 0 Å². The summed E-state index contributed by atoms with van der Waals surface area (Å²) in [6, 6.07) is -0.759. The number of nitrogens with one attached hydrogen (secondary N) is 1. The lowest BCUT2D eigenvalue weighted by Crippen LogP contribution is -2.44. The number of carbonyl (C=O) groups excluding carboxylic acids is 2. The van der Waals surface area contributed by atoms with Crippen molar-refractivity contribution < 1.29 is 19.1 Å². The average molecular weight is 379 g/mol. The van der Waals surface area contributed by atoms with Gasteiger partial charge in [-0.1, -0.05) is 0 Å². The van der Waals surface area contributed by atoms with Crippen molar-refractivity contribution in [3.05, 3.63) is 15.0 Å². The standard InChI is InChI=1S/C13H19BrN2O4S/c1-13(2,3)20-12(18)16-9(10(17)19-4)6-5-8-7-21-11(14)15-8/h7,9H,5-6H2,1-4H3,(H,16,18)/t9-/m0/s1. The van der Waals surface area contributed by atoms with E-state index in [0.717, 1.165) is 9.61 Å². The molecule has 0 aliphatic rings. The first-order valence-electron chi connectivity index (χ1n) is 6.38. The van der Waals surface area contributed by atoms with Crippen LogP contribution in [0.2, 0.25) is 0 Å². The highest BCUT2D eigenvalue weighted by molar-refractivity contribution is 9.11. The van der Waals surface area contributed by atoms with E-state index in [2.05, 4.69) is 26.2 Å². The lowest BCUT2D eigenvalue weighted by molar-refractivity contribution is -0.143. The van der Waals surface area contributed by atoms with Gasteiger partial charge in [-0.25, -0.2) is 14.6 Å². The topological polar surface area (TPSA) is 77.5 Å². The lowest BCUT2D eigenvalue weighted by Gasteiger charge is -2.22. The van der Waals surface area contributed by atoms with Gasteiger partial charge in [0.25, 0.3) is 0 Å². The number of ether oxygens (including phenoxy) is 2. The minimum absolute atomic E-state index is 0.391. The maximum atomic E-state index is 11.7. The van der Waals surface area contributed by atoms with Crippen LogP contribution in [-0.4, -0.2) is 35.8 Å². The molecule has 0 spiro atoms. The largest absolute Gasteiger partial charge is 0.467 e. The molecule has 1 aromatic heterocycles. The fraction of sp³-hybridized carbons (Fsp3) is 0.615. The molecule has 0 radical (unpaired) electrons. The Kier molecular flexibility index (Phi) is 6.60. The van der Waals surface area contributed by atoms with Crippen LogP contribution in [0.15, 0.2) is 9.30 Å². The fourth-order valence-corrected chi connectivity index (χ4v) is 2.61. The molecule has 0 fully saturated rings. The molecule has 8 heteroatoms. The molecule has 1 aromatic rings. The van der Waals surface area contributed by atoms with E-state index in [9.17, 15) is 9.59 Å². The molecule has 0 saturated carbocycles. The summed E-state index contributed by atoms with van der Waals surface area (Å²) in [5.74, 6) is -0.504. The van der Waals surface area contributed by atoms with E-state index >= 15 is 0 Å². The van der Waals surface area contributed by atoms with E-state index in [4.69, 9.17) is 9.47 Å². The van der Waals surface area contributed by atoms with Crippen LogP contribution in [0.3, 0.4) is 0 Å². The number of aromatic nitrogens is 1. The third kappa shape index (κ3) is 6.90. The summed E-state index contributed by atoms with van der Waals surface area (Å²) in [6.07, 6.45) is 0.303. The second-order valence-corrected chi connectivity index (χ2v) is 7.49. The van der Waals surface area contributed by atoms with Crippen molar-refractivity contribution >= 4 is 39.3 Å². The molecule has 0 bridgehead atoms. The van der Waals surface area contributed by atoms with E-state index in [1.54, 1.807) is 20.8 Å². The minimum atomic E-state index is -0.759. The highest BCUT2D eigenvalue weighted by Crippen LogP contribution is 2.17. The number of rotatable bonds is 5. The first kappa shape index (κ1) is 17.9. The van der Waals surface area contributed by atoms with Gasteiger partial charge >= 0.3 is 12.1 Å². The molecule has 21 heavy (non-hydrogen) atoms. The summed E-state index contributed by atoms with van der Waals surface area (Å²) in [6.45, 7) is 5.27. The summed E-state index contributed by atoms with van der Waals surface area (Å²) in [7, 11) is 1.28. The number of aryl methyl sites for hydroxylation is 1. The third-order valence-electron chi connectivity index (χ3n) is 2.39. The van der Waals surface area contributed by atoms with E-state index in [1.165, 1.54) is 18.4 Å². The molecule has 0 aliphatic carbocycles. The van der Waals surface area contributed by atoms with E-state index in [0.29, 0.717) is 12.8 Å². The van der Waals surface area contributed by atoms with Crippen molar-refractivity contribution in [1.82, 2.24) is 10.3 Å². The maximum Gasteiger partial charge on any atom is 0.408 e. The van der Waals surface area contributed by atoms with Gasteiger partial charge in [0.1, 0.15) is 11.6 Å². The zero-order valence-corrected chi connectivity index (χ0v) is 14.8. The monoisotopic (exact) mass is 378 g/mol.